The number of amides is 3. The van der Waals surface area contributed by atoms with Crippen LogP contribution < -0.4 is 15.0 Å². The standard InChI is InChI=1S/C20H15Br2ClN2O5/c1-2-29-17(26)10-30-18-14(21)7-11(8-15(18)22)9-16-19(27)25(20(28)24-16)13-5-3-12(23)4-6-13/h3-9H,2,10H2,1H3,(H,24,28)/b16-9+. The molecule has 7 nitrogen and oxygen atoms in total. The molecule has 1 N–H and O–H groups in total. The second kappa shape index (κ2) is 9.63. The van der Waals surface area contributed by atoms with Gasteiger partial charge in [0.2, 0.25) is 0 Å². The van der Waals surface area contributed by atoms with Crippen LogP contribution in [0.4, 0.5) is 10.5 Å². The van der Waals surface area contributed by atoms with E-state index in [4.69, 9.17) is 21.1 Å². The number of imide groups is 1. The van der Waals surface area contributed by atoms with Gasteiger partial charge in [0.1, 0.15) is 11.4 Å². The Labute approximate surface area is 194 Å². The van der Waals surface area contributed by atoms with Crippen LogP contribution in [0.25, 0.3) is 6.08 Å². The summed E-state index contributed by atoms with van der Waals surface area (Å²) < 4.78 is 11.4. The number of esters is 1. The smallest absolute Gasteiger partial charge is 0.344 e. The third-order valence-corrected chi connectivity index (χ3v) is 5.36. The Balaban J connectivity index is 1.81. The Hall–Kier alpha value is -2.36. The Morgan fingerprint density at radius 1 is 1.17 bits per heavy atom. The van der Waals surface area contributed by atoms with Gasteiger partial charge in [-0.1, -0.05) is 11.6 Å². The molecular weight excluding hydrogens is 543 g/mol. The maximum absolute atomic E-state index is 12.7. The van der Waals surface area contributed by atoms with Gasteiger partial charge in [0.15, 0.2) is 6.61 Å². The number of halogens is 3. The van der Waals surface area contributed by atoms with Crippen LogP contribution in [0.3, 0.4) is 0 Å². The van der Waals surface area contributed by atoms with E-state index in [2.05, 4.69) is 37.2 Å². The molecule has 0 saturated carbocycles. The van der Waals surface area contributed by atoms with Crippen LogP contribution >= 0.6 is 43.5 Å². The summed E-state index contributed by atoms with van der Waals surface area (Å²) >= 11 is 12.6. The molecule has 1 saturated heterocycles. The minimum Gasteiger partial charge on any atom is -0.480 e. The van der Waals surface area contributed by atoms with Crippen molar-refractivity contribution in [2.24, 2.45) is 0 Å². The average Bonchev–Trinajstić information content (AvgIpc) is 2.95. The molecule has 0 unspecified atom stereocenters. The molecule has 10 heteroatoms. The SMILES string of the molecule is CCOC(=O)COc1c(Br)cc(/C=C2/NC(=O)N(c3ccc(Cl)cc3)C2=O)cc1Br. The lowest BCUT2D eigenvalue weighted by Crippen LogP contribution is -2.30. The van der Waals surface area contributed by atoms with Crippen molar-refractivity contribution < 1.29 is 23.9 Å². The summed E-state index contributed by atoms with van der Waals surface area (Å²) in [4.78, 5) is 37.5. The molecule has 2 aromatic rings. The number of hydrogen-bond acceptors (Lipinski definition) is 5. The Morgan fingerprint density at radius 3 is 2.40 bits per heavy atom. The maximum atomic E-state index is 12.7. The lowest BCUT2D eigenvalue weighted by Gasteiger charge is -2.12. The second-order valence-electron chi connectivity index (χ2n) is 6.01. The summed E-state index contributed by atoms with van der Waals surface area (Å²) in [5.74, 6) is -0.559. The number of carbonyl (C=O) groups is 3. The molecule has 1 heterocycles. The average molecular weight is 559 g/mol. The summed E-state index contributed by atoms with van der Waals surface area (Å²) in [6.07, 6.45) is 1.54. The van der Waals surface area contributed by atoms with E-state index in [1.807, 2.05) is 0 Å². The summed E-state index contributed by atoms with van der Waals surface area (Å²) in [5.41, 5.74) is 1.16. The molecule has 0 bridgehead atoms. The first kappa shape index (κ1) is 22.3. The van der Waals surface area contributed by atoms with Crippen molar-refractivity contribution >= 4 is 73.1 Å². The summed E-state index contributed by atoms with van der Waals surface area (Å²) in [6.45, 7) is 1.74. The van der Waals surface area contributed by atoms with Gasteiger partial charge in [0, 0.05) is 5.02 Å². The van der Waals surface area contributed by atoms with Gasteiger partial charge in [-0.05, 0) is 86.8 Å². The van der Waals surface area contributed by atoms with Crippen molar-refractivity contribution in [1.29, 1.82) is 0 Å². The van der Waals surface area contributed by atoms with Gasteiger partial charge in [0.05, 0.1) is 21.2 Å². The van der Waals surface area contributed by atoms with Gasteiger partial charge in [-0.25, -0.2) is 14.5 Å². The van der Waals surface area contributed by atoms with Gasteiger partial charge in [0.25, 0.3) is 5.91 Å². The van der Waals surface area contributed by atoms with Gasteiger partial charge in [-0.3, -0.25) is 4.79 Å². The number of anilines is 1. The zero-order valence-electron chi connectivity index (χ0n) is 15.6. The fourth-order valence-corrected chi connectivity index (χ4v) is 4.24. The first-order valence-corrected chi connectivity index (χ1v) is 10.7. The monoisotopic (exact) mass is 556 g/mol. The van der Waals surface area contributed by atoms with E-state index in [0.29, 0.717) is 31.0 Å². The van der Waals surface area contributed by atoms with Crippen LogP contribution in [-0.2, 0) is 14.3 Å². The summed E-state index contributed by atoms with van der Waals surface area (Å²) in [6, 6.07) is 9.22. The van der Waals surface area contributed by atoms with Gasteiger partial charge in [-0.15, -0.1) is 0 Å². The fraction of sp³-hybridized carbons (Fsp3) is 0.150. The molecule has 2 aromatic carbocycles. The maximum Gasteiger partial charge on any atom is 0.344 e. The summed E-state index contributed by atoms with van der Waals surface area (Å²) in [7, 11) is 0. The first-order valence-electron chi connectivity index (χ1n) is 8.70. The fourth-order valence-electron chi connectivity index (χ4n) is 2.66. The van der Waals surface area contributed by atoms with Gasteiger partial charge in [-0.2, -0.15) is 0 Å². The zero-order chi connectivity index (χ0) is 21.8. The predicted molar refractivity (Wildman–Crippen MR) is 119 cm³/mol. The number of nitrogens with one attached hydrogen (secondary N) is 1. The Morgan fingerprint density at radius 2 is 1.80 bits per heavy atom. The number of carbonyl (C=O) groups excluding carboxylic acids is 3. The molecule has 1 aliphatic rings. The number of ether oxygens (including phenoxy) is 2. The predicted octanol–water partition coefficient (Wildman–Crippen LogP) is 4.90. The number of rotatable bonds is 6. The van der Waals surface area contributed by atoms with Crippen molar-refractivity contribution in [3.05, 3.63) is 61.6 Å². The first-order chi connectivity index (χ1) is 14.3. The highest BCUT2D eigenvalue weighted by Gasteiger charge is 2.34. The Bertz CT molecular complexity index is 1020. The number of benzene rings is 2. The van der Waals surface area contributed by atoms with Crippen molar-refractivity contribution in [2.75, 3.05) is 18.1 Å². The third-order valence-electron chi connectivity index (χ3n) is 3.93. The molecule has 3 amide bonds. The number of nitrogens with zero attached hydrogens (tertiary/aromatic N) is 1. The third kappa shape index (κ3) is 5.03. The van der Waals surface area contributed by atoms with Crippen molar-refractivity contribution in [2.45, 2.75) is 6.92 Å². The molecule has 0 spiro atoms. The van der Waals surface area contributed by atoms with Crippen LogP contribution in [-0.4, -0.2) is 31.1 Å². The second-order valence-corrected chi connectivity index (χ2v) is 8.16. The number of hydrogen-bond donors (Lipinski definition) is 1. The van der Waals surface area contributed by atoms with Crippen LogP contribution in [0, 0.1) is 0 Å². The van der Waals surface area contributed by atoms with Crippen molar-refractivity contribution in [3.8, 4) is 5.75 Å². The quantitative estimate of drug-likeness (QED) is 0.310. The van der Waals surface area contributed by atoms with E-state index in [0.717, 1.165) is 4.90 Å². The van der Waals surface area contributed by atoms with Crippen molar-refractivity contribution in [1.82, 2.24) is 5.32 Å². The normalized spacial score (nSPS) is 14.8. The van der Waals surface area contributed by atoms with Crippen molar-refractivity contribution in [3.63, 3.8) is 0 Å². The molecule has 1 fully saturated rings. The lowest BCUT2D eigenvalue weighted by molar-refractivity contribution is -0.145. The highest BCUT2D eigenvalue weighted by atomic mass is 79.9. The van der Waals surface area contributed by atoms with E-state index < -0.39 is 17.9 Å². The largest absolute Gasteiger partial charge is 0.480 e. The molecule has 0 aromatic heterocycles. The molecule has 30 heavy (non-hydrogen) atoms. The van der Waals surface area contributed by atoms with Crippen LogP contribution in [0.1, 0.15) is 12.5 Å². The highest BCUT2D eigenvalue weighted by Crippen LogP contribution is 2.35. The van der Waals surface area contributed by atoms with E-state index in [1.165, 1.54) is 0 Å². The molecule has 1 aliphatic heterocycles. The minimum atomic E-state index is -0.555. The van der Waals surface area contributed by atoms with E-state index in [-0.39, 0.29) is 18.9 Å². The van der Waals surface area contributed by atoms with Crippen LogP contribution in [0.2, 0.25) is 5.02 Å². The van der Waals surface area contributed by atoms with E-state index in [1.54, 1.807) is 49.4 Å². The number of urea groups is 1. The van der Waals surface area contributed by atoms with Gasteiger partial charge < -0.3 is 14.8 Å². The van der Waals surface area contributed by atoms with Crippen LogP contribution in [0.5, 0.6) is 5.75 Å². The highest BCUT2D eigenvalue weighted by molar-refractivity contribution is 9.11. The molecule has 3 rings (SSSR count). The summed E-state index contributed by atoms with van der Waals surface area (Å²) in [5, 5.41) is 3.07. The zero-order valence-corrected chi connectivity index (χ0v) is 19.5. The Kier molecular flexibility index (Phi) is 7.17. The molecule has 0 aliphatic carbocycles. The van der Waals surface area contributed by atoms with E-state index >= 15 is 0 Å². The molecule has 0 atom stereocenters. The van der Waals surface area contributed by atoms with E-state index in [9.17, 15) is 14.4 Å². The topological polar surface area (TPSA) is 84.9 Å². The van der Waals surface area contributed by atoms with Crippen LogP contribution in [0.15, 0.2) is 51.0 Å². The molecular formula is C20H15Br2ClN2O5. The lowest BCUT2D eigenvalue weighted by atomic mass is 10.2. The van der Waals surface area contributed by atoms with Gasteiger partial charge >= 0.3 is 12.0 Å². The molecule has 0 radical (unpaired) electrons. The molecule has 156 valence electrons. The minimum absolute atomic E-state index is 0.119.